The number of unbranched alkanes of at least 4 members (excludes halogenated alkanes) is 22. The van der Waals surface area contributed by atoms with Crippen molar-refractivity contribution in [3.8, 4) is 0 Å². The van der Waals surface area contributed by atoms with Crippen molar-refractivity contribution >= 4 is 12.6 Å². The van der Waals surface area contributed by atoms with Gasteiger partial charge in [0.25, 0.3) is 0 Å². The lowest BCUT2D eigenvalue weighted by molar-refractivity contribution is -0.111. The summed E-state index contributed by atoms with van der Waals surface area (Å²) in [7, 11) is 5.67. The van der Waals surface area contributed by atoms with Crippen LogP contribution in [0.2, 0.25) is 0 Å². The van der Waals surface area contributed by atoms with Crippen LogP contribution in [0.1, 0.15) is 377 Å². The Hall–Kier alpha value is -0.820. The monoisotopic (exact) mass is 1070 g/mol. The number of carbonyl (C=O) groups excluding carboxylic acids is 2. The van der Waals surface area contributed by atoms with Crippen molar-refractivity contribution in [1.82, 2.24) is 4.90 Å². The second kappa shape index (κ2) is 151. The van der Waals surface area contributed by atoms with Crippen molar-refractivity contribution in [2.45, 2.75) is 377 Å². The van der Waals surface area contributed by atoms with Gasteiger partial charge in [0.05, 0.1) is 0 Å². The highest BCUT2D eigenvalue weighted by molar-refractivity contribution is 5.53. The SMILES string of the molecule is CC.CC.CC.CC.CCC.CCCC.CCCC.CCCCCC.CCCCCC.CCCCCC=O.CCCCCCCC(C=O)CCCC.CCCCOC.COCCCCCCCN(C)CCCCO. The molecule has 0 rings (SSSR count). The van der Waals surface area contributed by atoms with Gasteiger partial charge in [0, 0.05) is 46.4 Å². The summed E-state index contributed by atoms with van der Waals surface area (Å²) in [5.74, 6) is 0.344. The lowest BCUT2D eigenvalue weighted by Gasteiger charge is -2.15. The van der Waals surface area contributed by atoms with Crippen molar-refractivity contribution in [1.29, 1.82) is 0 Å². The molecule has 0 aliphatic carbocycles. The molecule has 0 saturated carbocycles. The molecule has 6 heteroatoms. The Labute approximate surface area is 476 Å². The summed E-state index contributed by atoms with van der Waals surface area (Å²) >= 11 is 0. The molecule has 6 nitrogen and oxygen atoms in total. The Kier molecular flexibility index (Phi) is 215. The van der Waals surface area contributed by atoms with E-state index >= 15 is 0 Å². The number of ether oxygens (including phenoxy) is 2. The molecule has 0 amide bonds. The van der Waals surface area contributed by atoms with E-state index in [1.54, 1.807) is 14.2 Å². The second-order valence-electron chi connectivity index (χ2n) is 17.9. The molecule has 0 bridgehead atoms. The van der Waals surface area contributed by atoms with E-state index in [-0.39, 0.29) is 0 Å². The second-order valence-corrected chi connectivity index (χ2v) is 17.9. The number of aliphatic hydroxyl groups is 1. The van der Waals surface area contributed by atoms with Crippen LogP contribution in [0.3, 0.4) is 0 Å². The molecular formula is C68H159NO5. The van der Waals surface area contributed by atoms with Gasteiger partial charge in [-0.1, -0.05) is 319 Å². The van der Waals surface area contributed by atoms with Gasteiger partial charge in [-0.05, 0) is 71.5 Å². The Morgan fingerprint density at radius 2 is 0.649 bits per heavy atom. The minimum atomic E-state index is 0.327. The summed E-state index contributed by atoms with van der Waals surface area (Å²) < 4.78 is 9.80. The van der Waals surface area contributed by atoms with Crippen LogP contribution >= 0.6 is 0 Å². The number of nitrogens with zero attached hydrogens (tertiary/aromatic N) is 1. The van der Waals surface area contributed by atoms with Gasteiger partial charge in [-0.15, -0.1) is 0 Å². The third-order valence-electron chi connectivity index (χ3n) is 10.2. The first-order valence-electron chi connectivity index (χ1n) is 33.2. The van der Waals surface area contributed by atoms with Crippen LogP contribution in [-0.2, 0) is 19.1 Å². The molecule has 1 atom stereocenters. The molecule has 1 N–H and O–H groups in total. The first kappa shape index (κ1) is 105. The van der Waals surface area contributed by atoms with Gasteiger partial charge in [-0.25, -0.2) is 0 Å². The van der Waals surface area contributed by atoms with Crippen LogP contribution in [0, 0.1) is 5.92 Å². The van der Waals surface area contributed by atoms with Crippen LogP contribution in [0.5, 0.6) is 0 Å². The molecule has 0 aromatic carbocycles. The maximum Gasteiger partial charge on any atom is 0.123 e. The quantitative estimate of drug-likeness (QED) is 0.0493. The first-order valence-corrected chi connectivity index (χ1v) is 33.2. The molecule has 1 unspecified atom stereocenters. The summed E-state index contributed by atoms with van der Waals surface area (Å²) in [6, 6.07) is 0. The number of aldehydes is 2. The van der Waals surface area contributed by atoms with Crippen molar-refractivity contribution < 1.29 is 24.2 Å². The van der Waals surface area contributed by atoms with Gasteiger partial charge < -0.3 is 29.1 Å². The normalized spacial score (nSPS) is 9.23. The average molecular weight is 1070 g/mol. The van der Waals surface area contributed by atoms with Crippen LogP contribution in [0.25, 0.3) is 0 Å². The molecule has 0 heterocycles. The smallest absolute Gasteiger partial charge is 0.123 e. The Balaban J connectivity index is -0.0000000530. The number of hydrogen-bond acceptors (Lipinski definition) is 6. The molecule has 0 aliphatic rings. The minimum Gasteiger partial charge on any atom is -0.396 e. The fourth-order valence-electron chi connectivity index (χ4n) is 5.29. The molecule has 0 radical (unpaired) electrons. The minimum absolute atomic E-state index is 0.327. The molecule has 0 saturated heterocycles. The molecule has 0 spiro atoms. The maximum atomic E-state index is 10.7. The van der Waals surface area contributed by atoms with E-state index in [0.717, 1.165) is 70.9 Å². The van der Waals surface area contributed by atoms with Crippen molar-refractivity contribution in [2.75, 3.05) is 54.2 Å². The fraction of sp³-hybridized carbons (Fsp3) is 0.971. The van der Waals surface area contributed by atoms with Crippen LogP contribution < -0.4 is 0 Å². The zero-order chi connectivity index (χ0) is 60.3. The van der Waals surface area contributed by atoms with Crippen molar-refractivity contribution in [2.24, 2.45) is 5.92 Å². The van der Waals surface area contributed by atoms with Crippen LogP contribution in [0.4, 0.5) is 0 Å². The Morgan fingerprint density at radius 1 is 0.365 bits per heavy atom. The van der Waals surface area contributed by atoms with E-state index in [2.05, 4.69) is 109 Å². The Bertz CT molecular complexity index is 612. The van der Waals surface area contributed by atoms with Gasteiger partial charge in [0.1, 0.15) is 12.6 Å². The lowest BCUT2D eigenvalue weighted by atomic mass is 9.96. The molecule has 0 aromatic rings. The zero-order valence-electron chi connectivity index (χ0n) is 57.5. The van der Waals surface area contributed by atoms with E-state index in [1.807, 2.05) is 55.4 Å². The van der Waals surface area contributed by atoms with Crippen LogP contribution in [-0.4, -0.2) is 76.8 Å². The van der Waals surface area contributed by atoms with Crippen molar-refractivity contribution in [3.63, 3.8) is 0 Å². The standard InChI is InChI=1S/C13H29NO2.C13H26O.C6H12O.2C6H14.C5H12O.2C4H10.C3H8.4C2H6/c1-14(11-7-8-12-15)10-6-4-3-5-9-13-16-2;1-3-5-7-8-9-11-13(12-14)10-6-4-2;1-2-3-4-5-6-7;2*1-3-5-6-4-2;1-3-4-5-6-2;2*1-3-4-2;1-3-2;4*1-2/h15H,3-13H2,1-2H3;12-13H,3-11H2,1-2H3;6H,2-5H2,1H3;2*3-6H2,1-2H3;3-5H2,1-2H3;2*3-4H2,1-2H3;3H2,1-2H3;4*1-2H3. The third kappa shape index (κ3) is 207. The Morgan fingerprint density at radius 3 is 0.959 bits per heavy atom. The molecule has 74 heavy (non-hydrogen) atoms. The van der Waals surface area contributed by atoms with E-state index in [9.17, 15) is 9.59 Å². The van der Waals surface area contributed by atoms with Gasteiger partial charge in [-0.2, -0.15) is 0 Å². The van der Waals surface area contributed by atoms with Crippen LogP contribution in [0.15, 0.2) is 0 Å². The highest BCUT2D eigenvalue weighted by Gasteiger charge is 2.05. The van der Waals surface area contributed by atoms with Gasteiger partial charge in [-0.3, -0.25) is 0 Å². The maximum absolute atomic E-state index is 10.7. The number of rotatable bonds is 37. The largest absolute Gasteiger partial charge is 0.396 e. The van der Waals surface area contributed by atoms with E-state index in [4.69, 9.17) is 14.6 Å². The van der Waals surface area contributed by atoms with Gasteiger partial charge >= 0.3 is 0 Å². The third-order valence-corrected chi connectivity index (χ3v) is 10.2. The molecular weight excluding hydrogens is 911 g/mol. The molecule has 466 valence electrons. The molecule has 0 aromatic heterocycles. The highest BCUT2D eigenvalue weighted by atomic mass is 16.5. The molecule has 0 fully saturated rings. The predicted octanol–water partition coefficient (Wildman–Crippen LogP) is 24.1. The summed E-state index contributed by atoms with van der Waals surface area (Å²) in [6.45, 7) is 51.0. The summed E-state index contributed by atoms with van der Waals surface area (Å²) in [5.41, 5.74) is 0. The highest BCUT2D eigenvalue weighted by Crippen LogP contribution is 2.15. The molecule has 0 aliphatic heterocycles. The van der Waals surface area contributed by atoms with Crippen molar-refractivity contribution in [3.05, 3.63) is 0 Å². The average Bonchev–Trinajstić information content (AvgIpc) is 3.45. The predicted molar refractivity (Wildman–Crippen MR) is 350 cm³/mol. The fourth-order valence-corrected chi connectivity index (χ4v) is 5.29. The van der Waals surface area contributed by atoms with E-state index in [0.29, 0.717) is 12.5 Å². The lowest BCUT2D eigenvalue weighted by Crippen LogP contribution is -2.21. The first-order chi connectivity index (χ1) is 36.1. The summed E-state index contributed by atoms with van der Waals surface area (Å²) in [4.78, 5) is 22.8. The van der Waals surface area contributed by atoms with E-state index in [1.165, 1.54) is 193 Å². The number of methoxy groups -OCH3 is 2. The van der Waals surface area contributed by atoms with E-state index < -0.39 is 0 Å². The van der Waals surface area contributed by atoms with Gasteiger partial charge in [0.15, 0.2) is 0 Å². The van der Waals surface area contributed by atoms with Gasteiger partial charge in [0.2, 0.25) is 0 Å². The zero-order valence-corrected chi connectivity index (χ0v) is 57.5. The summed E-state index contributed by atoms with van der Waals surface area (Å²) in [6.07, 6.45) is 46.0. The number of carbonyl (C=O) groups is 2. The topological polar surface area (TPSA) is 76.1 Å². The summed E-state index contributed by atoms with van der Waals surface area (Å²) in [5, 5.41) is 8.67. The number of hydrogen-bond donors (Lipinski definition) is 1. The number of aliphatic hydroxyl groups excluding tert-OH is 1.